The number of carboxylic acids is 1. The van der Waals surface area contributed by atoms with Gasteiger partial charge in [-0.25, -0.2) is 0 Å². The molecular formula is C6H9Br2NO2. The predicted molar refractivity (Wildman–Crippen MR) is 49.1 cm³/mol. The Balaban J connectivity index is 2.83. The fraction of sp³-hybridized carbons (Fsp3) is 0.833. The van der Waals surface area contributed by atoms with Gasteiger partial charge in [-0.3, -0.25) is 4.79 Å². The van der Waals surface area contributed by atoms with Gasteiger partial charge in [0.25, 0.3) is 0 Å². The summed E-state index contributed by atoms with van der Waals surface area (Å²) in [6.07, 6.45) is 0.394. The average Bonchev–Trinajstić information content (AvgIpc) is 2.13. The molecule has 1 aliphatic rings. The lowest BCUT2D eigenvalue weighted by atomic mass is 10.1. The zero-order valence-corrected chi connectivity index (χ0v) is 8.80. The molecule has 0 aromatic rings. The first-order chi connectivity index (χ1) is 5.37. The van der Waals surface area contributed by atoms with Crippen LogP contribution < -0.4 is 5.73 Å². The van der Waals surface area contributed by atoms with E-state index in [1.807, 2.05) is 0 Å². The molecule has 0 bridgehead atoms. The standard InChI is InChI=1S/C6H9Br2NO2/c7-3-1-2(6(10)11)4(8)5(3)9/h2-5H,1,9H2,(H,10,11)/t2-,3-,4+,5+/m0/s1/i5D. The van der Waals surface area contributed by atoms with Crippen molar-refractivity contribution in [1.29, 1.82) is 0 Å². The lowest BCUT2D eigenvalue weighted by Crippen LogP contribution is -2.34. The number of hydrogen-bond acceptors (Lipinski definition) is 2. The quantitative estimate of drug-likeness (QED) is 0.706. The van der Waals surface area contributed by atoms with Crippen LogP contribution in [0.2, 0.25) is 0 Å². The fourth-order valence-electron chi connectivity index (χ4n) is 1.11. The molecule has 1 aliphatic carbocycles. The minimum Gasteiger partial charge on any atom is -0.481 e. The fourth-order valence-corrected chi connectivity index (χ4v) is 2.91. The Morgan fingerprint density at radius 2 is 2.27 bits per heavy atom. The van der Waals surface area contributed by atoms with Crippen molar-refractivity contribution in [3.8, 4) is 0 Å². The summed E-state index contributed by atoms with van der Waals surface area (Å²) in [5.74, 6) is -1.47. The van der Waals surface area contributed by atoms with Gasteiger partial charge in [0, 0.05) is 17.0 Å². The zero-order valence-electron chi connectivity index (χ0n) is 6.63. The maximum absolute atomic E-state index is 10.7. The van der Waals surface area contributed by atoms with Crippen molar-refractivity contribution in [3.63, 3.8) is 0 Å². The van der Waals surface area contributed by atoms with Gasteiger partial charge in [0.15, 0.2) is 0 Å². The molecule has 3 N–H and O–H groups in total. The second-order valence-corrected chi connectivity index (χ2v) is 4.64. The third-order valence-corrected chi connectivity index (χ3v) is 3.88. The van der Waals surface area contributed by atoms with E-state index in [0.717, 1.165) is 0 Å². The van der Waals surface area contributed by atoms with E-state index in [4.69, 9.17) is 12.2 Å². The summed E-state index contributed by atoms with van der Waals surface area (Å²) in [7, 11) is 0. The topological polar surface area (TPSA) is 63.3 Å². The second kappa shape index (κ2) is 3.41. The Labute approximate surface area is 83.0 Å². The van der Waals surface area contributed by atoms with Gasteiger partial charge in [-0.15, -0.1) is 0 Å². The molecule has 0 heterocycles. The van der Waals surface area contributed by atoms with Crippen molar-refractivity contribution in [2.45, 2.75) is 22.1 Å². The number of halogens is 2. The van der Waals surface area contributed by atoms with Crippen LogP contribution in [0.5, 0.6) is 0 Å². The molecule has 64 valence electrons. The van der Waals surface area contributed by atoms with Crippen molar-refractivity contribution >= 4 is 37.8 Å². The molecule has 0 radical (unpaired) electrons. The Hall–Kier alpha value is 0.390. The highest BCUT2D eigenvalue weighted by molar-refractivity contribution is 9.10. The Bertz CT molecular complexity index is 212. The van der Waals surface area contributed by atoms with E-state index in [2.05, 4.69) is 31.9 Å². The van der Waals surface area contributed by atoms with Crippen LogP contribution in [-0.2, 0) is 4.79 Å². The molecule has 11 heavy (non-hydrogen) atoms. The van der Waals surface area contributed by atoms with E-state index in [1.54, 1.807) is 0 Å². The van der Waals surface area contributed by atoms with Gasteiger partial charge in [0.05, 0.1) is 5.92 Å². The summed E-state index contributed by atoms with van der Waals surface area (Å²) in [4.78, 5) is 9.89. The van der Waals surface area contributed by atoms with Crippen molar-refractivity contribution < 1.29 is 11.3 Å². The summed E-state index contributed by atoms with van der Waals surface area (Å²) < 4.78 is 7.64. The number of carboxylic acid groups (broad SMARTS) is 1. The van der Waals surface area contributed by atoms with Crippen LogP contribution in [0.1, 0.15) is 7.79 Å². The van der Waals surface area contributed by atoms with Crippen LogP contribution in [0.4, 0.5) is 0 Å². The molecule has 4 atom stereocenters. The first-order valence-electron chi connectivity index (χ1n) is 3.67. The molecule has 5 heteroatoms. The van der Waals surface area contributed by atoms with E-state index in [0.29, 0.717) is 6.42 Å². The third-order valence-electron chi connectivity index (χ3n) is 1.81. The van der Waals surface area contributed by atoms with Crippen LogP contribution >= 0.6 is 31.9 Å². The molecule has 0 spiro atoms. The molecule has 0 aromatic carbocycles. The molecule has 0 aliphatic heterocycles. The van der Waals surface area contributed by atoms with Gasteiger partial charge < -0.3 is 10.8 Å². The predicted octanol–water partition coefficient (Wildman–Crippen LogP) is 0.945. The Morgan fingerprint density at radius 1 is 1.73 bits per heavy atom. The first kappa shape index (κ1) is 8.01. The van der Waals surface area contributed by atoms with Gasteiger partial charge in [0.2, 0.25) is 0 Å². The summed E-state index contributed by atoms with van der Waals surface area (Å²) in [6.45, 7) is 0. The second-order valence-electron chi connectivity index (χ2n) is 2.55. The van der Waals surface area contributed by atoms with Crippen LogP contribution in [0.25, 0.3) is 0 Å². The smallest absolute Gasteiger partial charge is 0.307 e. The van der Waals surface area contributed by atoms with E-state index < -0.39 is 22.7 Å². The van der Waals surface area contributed by atoms with Crippen molar-refractivity contribution in [3.05, 3.63) is 0 Å². The van der Waals surface area contributed by atoms with E-state index in [9.17, 15) is 4.79 Å². The third kappa shape index (κ3) is 1.76. The van der Waals surface area contributed by atoms with Crippen molar-refractivity contribution in [1.82, 2.24) is 0 Å². The minimum absolute atomic E-state index is 0.268. The minimum atomic E-state index is -1.23. The van der Waals surface area contributed by atoms with Gasteiger partial charge in [-0.05, 0) is 6.42 Å². The van der Waals surface area contributed by atoms with Crippen LogP contribution in [0.3, 0.4) is 0 Å². The summed E-state index contributed by atoms with van der Waals surface area (Å²) in [5, 5.41) is 8.74. The van der Waals surface area contributed by atoms with E-state index >= 15 is 0 Å². The molecule has 1 rings (SSSR count). The Morgan fingerprint density at radius 3 is 2.45 bits per heavy atom. The van der Waals surface area contributed by atoms with Gasteiger partial charge >= 0.3 is 5.97 Å². The average molecular weight is 288 g/mol. The molecule has 0 aromatic heterocycles. The largest absolute Gasteiger partial charge is 0.481 e. The van der Waals surface area contributed by atoms with E-state index in [-0.39, 0.29) is 4.83 Å². The van der Waals surface area contributed by atoms with Crippen LogP contribution in [0.15, 0.2) is 0 Å². The lowest BCUT2D eigenvalue weighted by Gasteiger charge is -2.12. The number of hydrogen-bond donors (Lipinski definition) is 2. The monoisotopic (exact) mass is 286 g/mol. The highest BCUT2D eigenvalue weighted by atomic mass is 79.9. The van der Waals surface area contributed by atoms with Crippen molar-refractivity contribution in [2.24, 2.45) is 11.7 Å². The number of alkyl halides is 2. The normalized spacial score (nSPS) is 52.3. The van der Waals surface area contributed by atoms with Gasteiger partial charge in [-0.1, -0.05) is 31.9 Å². The van der Waals surface area contributed by atoms with Crippen LogP contribution in [0, 0.1) is 5.92 Å². The van der Waals surface area contributed by atoms with Gasteiger partial charge in [0.1, 0.15) is 0 Å². The van der Waals surface area contributed by atoms with Crippen LogP contribution in [-0.4, -0.2) is 26.7 Å². The lowest BCUT2D eigenvalue weighted by molar-refractivity contribution is -0.141. The summed E-state index contributed by atoms with van der Waals surface area (Å²) in [5.41, 5.74) is 5.60. The molecule has 1 fully saturated rings. The maximum atomic E-state index is 10.7. The SMILES string of the molecule is [2H][C@]1(N)[C@H](Br)[C@@H](C(=O)O)C[C@@H]1Br. The molecular weight excluding hydrogens is 278 g/mol. The Kier molecular flexibility index (Phi) is 2.48. The highest BCUT2D eigenvalue weighted by Gasteiger charge is 2.42. The number of rotatable bonds is 1. The van der Waals surface area contributed by atoms with Crippen molar-refractivity contribution in [2.75, 3.05) is 0 Å². The van der Waals surface area contributed by atoms with E-state index in [1.165, 1.54) is 0 Å². The molecule has 0 saturated heterocycles. The number of aliphatic carboxylic acids is 1. The molecule has 0 unspecified atom stereocenters. The summed E-state index contributed by atoms with van der Waals surface area (Å²) in [6, 6.07) is -1.23. The molecule has 0 amide bonds. The van der Waals surface area contributed by atoms with Gasteiger partial charge in [-0.2, -0.15) is 0 Å². The molecule has 1 saturated carbocycles. The highest BCUT2D eigenvalue weighted by Crippen LogP contribution is 2.35. The number of nitrogens with two attached hydrogens (primary N) is 1. The summed E-state index contributed by atoms with van der Waals surface area (Å²) >= 11 is 6.35. The zero-order chi connectivity index (χ0) is 9.52. The first-order valence-corrected chi connectivity index (χ1v) is 5.00. The maximum Gasteiger partial charge on any atom is 0.307 e. The number of carbonyl (C=O) groups is 1. The molecule has 3 nitrogen and oxygen atoms in total.